The number of halogens is 1. The quantitative estimate of drug-likeness (QED) is 0.796. The molecule has 4 nitrogen and oxygen atoms in total. The van der Waals surface area contributed by atoms with Crippen molar-refractivity contribution in [1.82, 2.24) is 0 Å². The van der Waals surface area contributed by atoms with E-state index in [-0.39, 0.29) is 11.4 Å². The van der Waals surface area contributed by atoms with E-state index < -0.39 is 23.1 Å². The Morgan fingerprint density at radius 1 is 1.07 bits per heavy atom. The fourth-order valence-electron chi connectivity index (χ4n) is 3.30. The fourth-order valence-corrected chi connectivity index (χ4v) is 3.47. The lowest BCUT2D eigenvalue weighted by molar-refractivity contribution is -0.123. The van der Waals surface area contributed by atoms with Crippen LogP contribution in [0.15, 0.2) is 59.9 Å². The number of nitrogens with zero attached hydrogens (tertiary/aromatic N) is 1. The third-order valence-corrected chi connectivity index (χ3v) is 5.16. The van der Waals surface area contributed by atoms with E-state index in [9.17, 15) is 14.7 Å². The fraction of sp³-hybridized carbons (Fsp3) is 0.273. The molecule has 1 atom stereocenters. The Balaban J connectivity index is 2.25. The van der Waals surface area contributed by atoms with Crippen molar-refractivity contribution in [2.24, 2.45) is 5.41 Å². The number of ketones is 1. The highest BCUT2D eigenvalue weighted by molar-refractivity contribution is 6.32. The van der Waals surface area contributed by atoms with Crippen LogP contribution in [0.4, 0.5) is 5.69 Å². The van der Waals surface area contributed by atoms with Gasteiger partial charge in [0.2, 0.25) is 0 Å². The van der Waals surface area contributed by atoms with Crippen molar-refractivity contribution in [2.45, 2.75) is 33.7 Å². The summed E-state index contributed by atoms with van der Waals surface area (Å²) < 4.78 is 0. The first-order chi connectivity index (χ1) is 12.6. The Morgan fingerprint density at radius 3 is 2.30 bits per heavy atom. The first-order valence-corrected chi connectivity index (χ1v) is 9.14. The van der Waals surface area contributed by atoms with Crippen molar-refractivity contribution < 1.29 is 14.7 Å². The van der Waals surface area contributed by atoms with E-state index in [2.05, 4.69) is 0 Å². The predicted molar refractivity (Wildman–Crippen MR) is 107 cm³/mol. The summed E-state index contributed by atoms with van der Waals surface area (Å²) in [7, 11) is 0. The zero-order valence-corrected chi connectivity index (χ0v) is 16.5. The molecule has 1 unspecified atom stereocenters. The van der Waals surface area contributed by atoms with E-state index in [0.29, 0.717) is 16.3 Å². The van der Waals surface area contributed by atoms with Crippen LogP contribution in [0.2, 0.25) is 5.02 Å². The zero-order chi connectivity index (χ0) is 19.9. The van der Waals surface area contributed by atoms with Crippen LogP contribution in [-0.4, -0.2) is 16.8 Å². The maximum absolute atomic E-state index is 13.1. The number of hydrogen-bond acceptors (Lipinski definition) is 3. The van der Waals surface area contributed by atoms with Gasteiger partial charge in [-0.05, 0) is 30.2 Å². The Hall–Kier alpha value is -2.59. The number of rotatable bonds is 3. The largest absolute Gasteiger partial charge is 0.503 e. The van der Waals surface area contributed by atoms with Crippen LogP contribution in [0, 0.1) is 12.3 Å². The van der Waals surface area contributed by atoms with Gasteiger partial charge < -0.3 is 5.11 Å². The lowest BCUT2D eigenvalue weighted by Gasteiger charge is -2.30. The number of anilines is 1. The smallest absolute Gasteiger partial charge is 0.294 e. The van der Waals surface area contributed by atoms with Crippen molar-refractivity contribution in [3.63, 3.8) is 0 Å². The monoisotopic (exact) mass is 383 g/mol. The highest BCUT2D eigenvalue weighted by atomic mass is 35.5. The van der Waals surface area contributed by atoms with Gasteiger partial charge in [-0.2, -0.15) is 0 Å². The van der Waals surface area contributed by atoms with Gasteiger partial charge in [0.25, 0.3) is 5.91 Å². The second-order valence-corrected chi connectivity index (χ2v) is 8.12. The molecule has 0 aliphatic carbocycles. The molecule has 1 amide bonds. The summed E-state index contributed by atoms with van der Waals surface area (Å²) in [5, 5.41) is 11.2. The number of amides is 1. The molecule has 1 heterocycles. The Kier molecular flexibility index (Phi) is 4.87. The van der Waals surface area contributed by atoms with Gasteiger partial charge in [-0.1, -0.05) is 68.8 Å². The molecule has 3 rings (SSSR count). The highest BCUT2D eigenvalue weighted by Gasteiger charge is 2.47. The van der Waals surface area contributed by atoms with E-state index in [0.717, 1.165) is 5.56 Å². The molecule has 2 aromatic carbocycles. The lowest BCUT2D eigenvalue weighted by Crippen LogP contribution is -2.33. The molecule has 0 bridgehead atoms. The average Bonchev–Trinajstić information content (AvgIpc) is 2.88. The minimum absolute atomic E-state index is 0.123. The summed E-state index contributed by atoms with van der Waals surface area (Å²) in [6.07, 6.45) is 0. The zero-order valence-electron chi connectivity index (χ0n) is 15.8. The van der Waals surface area contributed by atoms with Crippen molar-refractivity contribution in [2.75, 3.05) is 4.90 Å². The summed E-state index contributed by atoms with van der Waals surface area (Å²) in [6, 6.07) is 13.8. The molecule has 0 aromatic heterocycles. The van der Waals surface area contributed by atoms with Gasteiger partial charge >= 0.3 is 0 Å². The average molecular weight is 384 g/mol. The second-order valence-electron chi connectivity index (χ2n) is 7.71. The van der Waals surface area contributed by atoms with Gasteiger partial charge in [0, 0.05) is 16.1 Å². The van der Waals surface area contributed by atoms with Crippen LogP contribution < -0.4 is 4.90 Å². The minimum Gasteiger partial charge on any atom is -0.503 e. The standard InChI is InChI=1S/C22H22ClNO3/c1-13-15(23)11-8-12-16(13)24-18(14-9-6-5-7-10-14)17(19(25)21(24)27)20(26)22(2,3)4/h5-12,18,25H,1-4H3. The third kappa shape index (κ3) is 3.26. The number of carbonyl (C=O) groups excluding carboxylic acids is 2. The van der Waals surface area contributed by atoms with Gasteiger partial charge in [0.05, 0.1) is 11.6 Å². The molecule has 0 fully saturated rings. The van der Waals surface area contributed by atoms with Crippen LogP contribution in [0.3, 0.4) is 0 Å². The number of Topliss-reactive ketones (excluding diaryl/α,β-unsaturated/α-hetero) is 1. The Labute approximate surface area is 164 Å². The third-order valence-electron chi connectivity index (χ3n) is 4.75. The van der Waals surface area contributed by atoms with Crippen molar-refractivity contribution in [3.05, 3.63) is 76.0 Å². The molecule has 2 aromatic rings. The van der Waals surface area contributed by atoms with E-state index in [1.807, 2.05) is 37.3 Å². The molecule has 5 heteroatoms. The first-order valence-electron chi connectivity index (χ1n) is 8.76. The SMILES string of the molecule is Cc1c(Cl)cccc1N1C(=O)C(O)=C(C(=O)C(C)(C)C)C1c1ccccc1. The summed E-state index contributed by atoms with van der Waals surface area (Å²) in [5.74, 6) is -1.35. The summed E-state index contributed by atoms with van der Waals surface area (Å²) in [6.45, 7) is 7.13. The maximum Gasteiger partial charge on any atom is 0.294 e. The predicted octanol–water partition coefficient (Wildman–Crippen LogP) is 5.16. The van der Waals surface area contributed by atoms with E-state index in [4.69, 9.17) is 11.6 Å². The molecule has 1 N–H and O–H groups in total. The van der Waals surface area contributed by atoms with Crippen molar-refractivity contribution >= 4 is 29.0 Å². The number of hydrogen-bond donors (Lipinski definition) is 1. The number of benzene rings is 2. The Morgan fingerprint density at radius 2 is 1.70 bits per heavy atom. The van der Waals surface area contributed by atoms with E-state index in [1.165, 1.54) is 4.90 Å². The molecule has 27 heavy (non-hydrogen) atoms. The van der Waals surface area contributed by atoms with Gasteiger partial charge in [-0.25, -0.2) is 0 Å². The molecule has 0 saturated carbocycles. The molecule has 0 spiro atoms. The normalized spacial score (nSPS) is 17.6. The molecular formula is C22H22ClNO3. The van der Waals surface area contributed by atoms with Gasteiger partial charge in [-0.3, -0.25) is 14.5 Å². The van der Waals surface area contributed by atoms with Crippen LogP contribution >= 0.6 is 11.6 Å². The van der Waals surface area contributed by atoms with Crippen LogP contribution in [0.25, 0.3) is 0 Å². The van der Waals surface area contributed by atoms with Crippen LogP contribution in [0.5, 0.6) is 0 Å². The van der Waals surface area contributed by atoms with Gasteiger partial charge in [0.15, 0.2) is 11.5 Å². The summed E-state index contributed by atoms with van der Waals surface area (Å²) in [5.41, 5.74) is 1.42. The molecule has 140 valence electrons. The summed E-state index contributed by atoms with van der Waals surface area (Å²) in [4.78, 5) is 27.6. The molecule has 0 saturated heterocycles. The van der Waals surface area contributed by atoms with Gasteiger partial charge in [0.1, 0.15) is 0 Å². The Bertz CT molecular complexity index is 942. The number of aliphatic hydroxyl groups excluding tert-OH is 1. The number of aliphatic hydroxyl groups is 1. The summed E-state index contributed by atoms with van der Waals surface area (Å²) >= 11 is 6.26. The molecule has 1 aliphatic heterocycles. The van der Waals surface area contributed by atoms with Crippen LogP contribution in [0.1, 0.15) is 37.9 Å². The lowest BCUT2D eigenvalue weighted by atomic mass is 9.82. The molecular weight excluding hydrogens is 362 g/mol. The highest BCUT2D eigenvalue weighted by Crippen LogP contribution is 2.44. The molecule has 1 aliphatic rings. The van der Waals surface area contributed by atoms with Crippen LogP contribution in [-0.2, 0) is 9.59 Å². The van der Waals surface area contributed by atoms with Gasteiger partial charge in [-0.15, -0.1) is 0 Å². The number of carbonyl (C=O) groups is 2. The topological polar surface area (TPSA) is 57.6 Å². The van der Waals surface area contributed by atoms with Crippen molar-refractivity contribution in [1.29, 1.82) is 0 Å². The van der Waals surface area contributed by atoms with E-state index in [1.54, 1.807) is 39.0 Å². The van der Waals surface area contributed by atoms with E-state index >= 15 is 0 Å². The maximum atomic E-state index is 13.1. The first kappa shape index (κ1) is 19.2. The minimum atomic E-state index is -0.740. The second kappa shape index (κ2) is 6.86. The molecule has 0 radical (unpaired) electrons. The van der Waals surface area contributed by atoms with Crippen molar-refractivity contribution in [3.8, 4) is 0 Å².